The maximum atomic E-state index is 13.0. The van der Waals surface area contributed by atoms with E-state index < -0.39 is 49.5 Å². The molecule has 0 radical (unpaired) electrons. The molecule has 1 amide bonds. The van der Waals surface area contributed by atoms with Gasteiger partial charge in [-0.3, -0.25) is 4.79 Å². The van der Waals surface area contributed by atoms with E-state index in [0.717, 1.165) is 38.5 Å². The van der Waals surface area contributed by atoms with Crippen LogP contribution >= 0.6 is 0 Å². The third kappa shape index (κ3) is 34.8. The number of allylic oxidation sites excluding steroid dienone is 1. The molecule has 1 aliphatic rings. The van der Waals surface area contributed by atoms with Crippen LogP contribution in [-0.4, -0.2) is 87.5 Å². The first-order valence-electron chi connectivity index (χ1n) is 27.4. The monoisotopic (exact) mass is 896 g/mol. The largest absolute Gasteiger partial charge is 0.394 e. The topological polar surface area (TPSA) is 149 Å². The minimum atomic E-state index is -1.56. The van der Waals surface area contributed by atoms with E-state index in [0.29, 0.717) is 6.42 Å². The fourth-order valence-corrected chi connectivity index (χ4v) is 8.98. The minimum Gasteiger partial charge on any atom is -0.394 e. The van der Waals surface area contributed by atoms with E-state index in [2.05, 4.69) is 19.2 Å². The Morgan fingerprint density at radius 1 is 0.524 bits per heavy atom. The SMILES string of the molecule is CCCCCCCCCCCCCCCCCCCCCCCCCC/C=C/C(O)C(COC1OC(CO)C(O)C(O)C1O)NC(=O)CCCCCCCCCCCCCCCC. The summed E-state index contributed by atoms with van der Waals surface area (Å²) in [4.78, 5) is 13.0. The van der Waals surface area contributed by atoms with Crippen LogP contribution in [0.25, 0.3) is 0 Å². The Morgan fingerprint density at radius 3 is 1.24 bits per heavy atom. The van der Waals surface area contributed by atoms with Gasteiger partial charge >= 0.3 is 0 Å². The zero-order chi connectivity index (χ0) is 45.9. The molecule has 0 aromatic heterocycles. The number of aliphatic hydroxyl groups excluding tert-OH is 5. The Kier molecular flexibility index (Phi) is 42.6. The van der Waals surface area contributed by atoms with Gasteiger partial charge in [-0.1, -0.05) is 257 Å². The lowest BCUT2D eigenvalue weighted by Gasteiger charge is -2.40. The van der Waals surface area contributed by atoms with Crippen molar-refractivity contribution < 1.29 is 39.8 Å². The van der Waals surface area contributed by atoms with Gasteiger partial charge in [-0.2, -0.15) is 0 Å². The van der Waals surface area contributed by atoms with Crippen molar-refractivity contribution in [3.8, 4) is 0 Å². The first-order chi connectivity index (χ1) is 30.8. The van der Waals surface area contributed by atoms with Gasteiger partial charge in [-0.15, -0.1) is 0 Å². The normalized spacial score (nSPS) is 20.1. The van der Waals surface area contributed by atoms with Crippen molar-refractivity contribution in [3.63, 3.8) is 0 Å². The van der Waals surface area contributed by atoms with Gasteiger partial charge in [0, 0.05) is 6.42 Å². The molecule has 1 aliphatic heterocycles. The molecule has 7 atom stereocenters. The Morgan fingerprint density at radius 2 is 0.873 bits per heavy atom. The maximum absolute atomic E-state index is 13.0. The number of aliphatic hydroxyl groups is 5. The summed E-state index contributed by atoms with van der Waals surface area (Å²) in [6.07, 6.45) is 47.0. The van der Waals surface area contributed by atoms with Crippen molar-refractivity contribution in [2.24, 2.45) is 0 Å². The van der Waals surface area contributed by atoms with Gasteiger partial charge in [0.25, 0.3) is 0 Å². The van der Waals surface area contributed by atoms with E-state index in [1.165, 1.54) is 212 Å². The molecule has 0 aromatic carbocycles. The highest BCUT2D eigenvalue weighted by molar-refractivity contribution is 5.76. The smallest absolute Gasteiger partial charge is 0.220 e. The molecule has 374 valence electrons. The third-order valence-electron chi connectivity index (χ3n) is 13.4. The van der Waals surface area contributed by atoms with Crippen LogP contribution in [0.1, 0.15) is 271 Å². The van der Waals surface area contributed by atoms with E-state index in [-0.39, 0.29) is 12.5 Å². The molecular weight excluding hydrogens is 791 g/mol. The van der Waals surface area contributed by atoms with Crippen molar-refractivity contribution in [3.05, 3.63) is 12.2 Å². The summed E-state index contributed by atoms with van der Waals surface area (Å²) in [5.41, 5.74) is 0. The molecule has 1 fully saturated rings. The lowest BCUT2D eigenvalue weighted by molar-refractivity contribution is -0.302. The number of carbonyl (C=O) groups is 1. The van der Waals surface area contributed by atoms with E-state index in [4.69, 9.17) is 9.47 Å². The van der Waals surface area contributed by atoms with Crippen LogP contribution in [0.2, 0.25) is 0 Å². The minimum absolute atomic E-state index is 0.172. The first-order valence-corrected chi connectivity index (χ1v) is 27.4. The fourth-order valence-electron chi connectivity index (χ4n) is 8.98. The quantitative estimate of drug-likeness (QED) is 0.0261. The highest BCUT2D eigenvalue weighted by Gasteiger charge is 2.44. The average Bonchev–Trinajstić information content (AvgIpc) is 3.28. The van der Waals surface area contributed by atoms with E-state index in [1.807, 2.05) is 6.08 Å². The first kappa shape index (κ1) is 59.9. The van der Waals surface area contributed by atoms with Gasteiger partial charge in [0.2, 0.25) is 5.91 Å². The summed E-state index contributed by atoms with van der Waals surface area (Å²) >= 11 is 0. The Labute approximate surface area is 388 Å². The van der Waals surface area contributed by atoms with Gasteiger partial charge in [-0.25, -0.2) is 0 Å². The number of amides is 1. The highest BCUT2D eigenvalue weighted by Crippen LogP contribution is 2.23. The van der Waals surface area contributed by atoms with Gasteiger partial charge in [0.05, 0.1) is 25.4 Å². The van der Waals surface area contributed by atoms with Crippen LogP contribution in [0.15, 0.2) is 12.2 Å². The fraction of sp³-hybridized carbons (Fsp3) is 0.944. The van der Waals surface area contributed by atoms with Gasteiger partial charge < -0.3 is 40.3 Å². The molecule has 63 heavy (non-hydrogen) atoms. The summed E-state index contributed by atoms with van der Waals surface area (Å²) in [5.74, 6) is -0.172. The third-order valence-corrected chi connectivity index (χ3v) is 13.4. The zero-order valence-electron chi connectivity index (χ0n) is 41.4. The molecule has 0 aromatic rings. The Bertz CT molecular complexity index is 997. The molecule has 9 heteroatoms. The lowest BCUT2D eigenvalue weighted by atomic mass is 9.99. The number of carbonyl (C=O) groups excluding carboxylic acids is 1. The van der Waals surface area contributed by atoms with Crippen molar-refractivity contribution in [2.45, 2.75) is 314 Å². The van der Waals surface area contributed by atoms with Crippen LogP contribution in [0.5, 0.6) is 0 Å². The second-order valence-corrected chi connectivity index (χ2v) is 19.4. The van der Waals surface area contributed by atoms with Crippen LogP contribution in [-0.2, 0) is 14.3 Å². The standard InChI is InChI=1S/C54H105NO8/c1-3-5-7-9-11-13-15-17-19-20-21-22-23-24-25-26-27-28-29-30-31-33-35-37-39-41-43-48(57)47(46-62-54-53(61)52(60)51(59)49(45-56)63-54)55-50(58)44-42-40-38-36-34-32-18-16-14-12-10-8-6-4-2/h41,43,47-49,51-54,56-57,59-61H,3-40,42,44-46H2,1-2H3,(H,55,58)/b43-41+. The molecule has 9 nitrogen and oxygen atoms in total. The average molecular weight is 896 g/mol. The predicted molar refractivity (Wildman–Crippen MR) is 263 cm³/mol. The molecule has 0 saturated carbocycles. The molecule has 6 N–H and O–H groups in total. The Hall–Kier alpha value is -1.07. The molecule has 0 aliphatic carbocycles. The molecule has 1 heterocycles. The molecule has 7 unspecified atom stereocenters. The lowest BCUT2D eigenvalue weighted by Crippen LogP contribution is -2.60. The maximum Gasteiger partial charge on any atom is 0.220 e. The van der Waals surface area contributed by atoms with Crippen LogP contribution < -0.4 is 5.32 Å². The molecule has 0 spiro atoms. The second-order valence-electron chi connectivity index (χ2n) is 19.4. The van der Waals surface area contributed by atoms with Crippen LogP contribution in [0, 0.1) is 0 Å². The summed E-state index contributed by atoms with van der Waals surface area (Å²) in [5, 5.41) is 54.4. The van der Waals surface area contributed by atoms with Crippen molar-refractivity contribution in [1.82, 2.24) is 5.32 Å². The van der Waals surface area contributed by atoms with E-state index >= 15 is 0 Å². The van der Waals surface area contributed by atoms with Gasteiger partial charge in [-0.05, 0) is 19.3 Å². The summed E-state index contributed by atoms with van der Waals surface area (Å²) in [6.45, 7) is 3.81. The number of hydrogen-bond donors (Lipinski definition) is 6. The van der Waals surface area contributed by atoms with Crippen LogP contribution in [0.4, 0.5) is 0 Å². The summed E-state index contributed by atoms with van der Waals surface area (Å²) in [7, 11) is 0. The molecule has 1 saturated heterocycles. The van der Waals surface area contributed by atoms with E-state index in [1.54, 1.807) is 6.08 Å². The van der Waals surface area contributed by atoms with Crippen LogP contribution in [0.3, 0.4) is 0 Å². The number of ether oxygens (including phenoxy) is 2. The summed E-state index contributed by atoms with van der Waals surface area (Å²) < 4.78 is 11.3. The zero-order valence-corrected chi connectivity index (χ0v) is 41.4. The van der Waals surface area contributed by atoms with Crippen molar-refractivity contribution >= 4 is 5.91 Å². The molecular formula is C54H105NO8. The highest BCUT2D eigenvalue weighted by atomic mass is 16.7. The van der Waals surface area contributed by atoms with E-state index in [9.17, 15) is 30.3 Å². The number of rotatable bonds is 47. The Balaban J connectivity index is 2.21. The summed E-state index contributed by atoms with van der Waals surface area (Å²) in [6, 6.07) is -0.799. The molecule has 1 rings (SSSR count). The van der Waals surface area contributed by atoms with Gasteiger partial charge in [0.1, 0.15) is 24.4 Å². The van der Waals surface area contributed by atoms with Crippen molar-refractivity contribution in [2.75, 3.05) is 13.2 Å². The van der Waals surface area contributed by atoms with Gasteiger partial charge in [0.15, 0.2) is 6.29 Å². The molecule has 0 bridgehead atoms. The predicted octanol–water partition coefficient (Wildman–Crippen LogP) is 12.8. The second kappa shape index (κ2) is 44.7. The van der Waals surface area contributed by atoms with Crippen molar-refractivity contribution in [1.29, 1.82) is 0 Å². The number of unbranched alkanes of at least 4 members (excludes halogenated alkanes) is 37. The number of nitrogens with one attached hydrogen (secondary N) is 1. The number of hydrogen-bond acceptors (Lipinski definition) is 8.